The molecule has 2 atom stereocenters. The standard InChI is InChI=1S/C7H12O/c1-4-6-7(8-6)5(2)3/h4-7H,1H2,2-3H3/t6-,7-/m1/s1. The molecule has 0 saturated carbocycles. The molecule has 0 aromatic carbocycles. The summed E-state index contributed by atoms with van der Waals surface area (Å²) in [6, 6.07) is 0. The molecule has 0 unspecified atom stereocenters. The topological polar surface area (TPSA) is 12.5 Å². The lowest BCUT2D eigenvalue weighted by Gasteiger charge is -1.92. The number of hydrogen-bond donors (Lipinski definition) is 0. The molecule has 0 bridgehead atoms. The number of epoxide rings is 1. The molecular formula is C7H12O. The van der Waals surface area contributed by atoms with E-state index in [1.54, 1.807) is 0 Å². The molecule has 0 spiro atoms. The van der Waals surface area contributed by atoms with Gasteiger partial charge in [-0.25, -0.2) is 0 Å². The lowest BCUT2D eigenvalue weighted by atomic mass is 10.1. The number of hydrogen-bond acceptors (Lipinski definition) is 1. The average Bonchev–Trinajstić information content (AvgIpc) is 2.42. The molecule has 0 aliphatic carbocycles. The normalized spacial score (nSPS) is 35.4. The second-order valence-corrected chi connectivity index (χ2v) is 2.55. The Hall–Kier alpha value is -0.300. The molecule has 1 aliphatic heterocycles. The Morgan fingerprint density at radius 3 is 2.38 bits per heavy atom. The van der Waals surface area contributed by atoms with E-state index in [1.807, 2.05) is 6.08 Å². The highest BCUT2D eigenvalue weighted by molar-refractivity contribution is 4.99. The SMILES string of the molecule is C=C[C@H]1O[C@@H]1C(C)C. The minimum Gasteiger partial charge on any atom is -0.365 e. The van der Waals surface area contributed by atoms with E-state index in [1.165, 1.54) is 0 Å². The largest absolute Gasteiger partial charge is 0.365 e. The first-order valence-electron chi connectivity index (χ1n) is 3.03. The van der Waals surface area contributed by atoms with Crippen LogP contribution in [0.3, 0.4) is 0 Å². The van der Waals surface area contributed by atoms with Crippen LogP contribution in [0.2, 0.25) is 0 Å². The zero-order chi connectivity index (χ0) is 6.15. The van der Waals surface area contributed by atoms with Crippen molar-refractivity contribution in [3.05, 3.63) is 12.7 Å². The maximum Gasteiger partial charge on any atom is 0.102 e. The summed E-state index contributed by atoms with van der Waals surface area (Å²) in [5.41, 5.74) is 0. The Bertz CT molecular complexity index is 96.6. The molecule has 1 heterocycles. The molecule has 0 radical (unpaired) electrons. The average molecular weight is 112 g/mol. The van der Waals surface area contributed by atoms with E-state index in [-0.39, 0.29) is 0 Å². The van der Waals surface area contributed by atoms with Crippen molar-refractivity contribution in [2.24, 2.45) is 5.92 Å². The van der Waals surface area contributed by atoms with Gasteiger partial charge < -0.3 is 4.74 Å². The van der Waals surface area contributed by atoms with Crippen molar-refractivity contribution in [1.82, 2.24) is 0 Å². The van der Waals surface area contributed by atoms with Gasteiger partial charge in [0.05, 0.1) is 6.10 Å². The van der Waals surface area contributed by atoms with E-state index < -0.39 is 0 Å². The summed E-state index contributed by atoms with van der Waals surface area (Å²) >= 11 is 0. The van der Waals surface area contributed by atoms with Crippen molar-refractivity contribution in [3.63, 3.8) is 0 Å². The molecule has 1 rings (SSSR count). The van der Waals surface area contributed by atoms with Crippen LogP contribution in [-0.4, -0.2) is 12.2 Å². The van der Waals surface area contributed by atoms with Gasteiger partial charge in [0.1, 0.15) is 6.10 Å². The van der Waals surface area contributed by atoms with Gasteiger partial charge in [0.25, 0.3) is 0 Å². The highest BCUT2D eigenvalue weighted by Gasteiger charge is 2.38. The van der Waals surface area contributed by atoms with Gasteiger partial charge in [-0.15, -0.1) is 6.58 Å². The second-order valence-electron chi connectivity index (χ2n) is 2.55. The van der Waals surface area contributed by atoms with Crippen molar-refractivity contribution in [3.8, 4) is 0 Å². The lowest BCUT2D eigenvalue weighted by molar-refractivity contribution is 0.345. The van der Waals surface area contributed by atoms with Crippen LogP contribution in [0.25, 0.3) is 0 Å². The van der Waals surface area contributed by atoms with Crippen molar-refractivity contribution in [2.45, 2.75) is 26.1 Å². The van der Waals surface area contributed by atoms with Crippen LogP contribution in [0.4, 0.5) is 0 Å². The van der Waals surface area contributed by atoms with Crippen molar-refractivity contribution < 1.29 is 4.74 Å². The van der Waals surface area contributed by atoms with Crippen molar-refractivity contribution in [2.75, 3.05) is 0 Å². The lowest BCUT2D eigenvalue weighted by Crippen LogP contribution is -1.99. The molecule has 1 saturated heterocycles. The first-order chi connectivity index (χ1) is 3.75. The predicted octanol–water partition coefficient (Wildman–Crippen LogP) is 1.60. The van der Waals surface area contributed by atoms with Gasteiger partial charge in [-0.3, -0.25) is 0 Å². The molecule has 8 heavy (non-hydrogen) atoms. The predicted molar refractivity (Wildman–Crippen MR) is 33.7 cm³/mol. The Labute approximate surface area is 50.3 Å². The summed E-state index contributed by atoms with van der Waals surface area (Å²) in [5.74, 6) is 0.651. The molecule has 1 nitrogen and oxygen atoms in total. The summed E-state index contributed by atoms with van der Waals surface area (Å²) < 4.78 is 5.21. The third kappa shape index (κ3) is 0.920. The maximum absolute atomic E-state index is 5.21. The molecule has 1 fully saturated rings. The first kappa shape index (κ1) is 5.83. The molecule has 0 aromatic heterocycles. The molecule has 0 amide bonds. The zero-order valence-electron chi connectivity index (χ0n) is 5.42. The van der Waals surface area contributed by atoms with Crippen LogP contribution in [0.5, 0.6) is 0 Å². The maximum atomic E-state index is 5.21. The summed E-state index contributed by atoms with van der Waals surface area (Å²) in [7, 11) is 0. The number of ether oxygens (including phenoxy) is 1. The van der Waals surface area contributed by atoms with E-state index in [0.29, 0.717) is 18.1 Å². The van der Waals surface area contributed by atoms with Gasteiger partial charge in [-0.1, -0.05) is 19.9 Å². The minimum atomic E-state index is 0.356. The third-order valence-corrected chi connectivity index (χ3v) is 1.45. The van der Waals surface area contributed by atoms with E-state index in [2.05, 4.69) is 20.4 Å². The summed E-state index contributed by atoms with van der Waals surface area (Å²) in [6.07, 6.45) is 2.69. The van der Waals surface area contributed by atoms with Crippen LogP contribution >= 0.6 is 0 Å². The third-order valence-electron chi connectivity index (χ3n) is 1.45. The molecule has 1 aliphatic rings. The number of rotatable bonds is 2. The quantitative estimate of drug-likeness (QED) is 0.390. The second kappa shape index (κ2) is 1.90. The molecule has 0 N–H and O–H groups in total. The molecular weight excluding hydrogens is 100 g/mol. The Kier molecular flexibility index (Phi) is 1.39. The van der Waals surface area contributed by atoms with Gasteiger partial charge in [0.15, 0.2) is 0 Å². The van der Waals surface area contributed by atoms with Gasteiger partial charge >= 0.3 is 0 Å². The van der Waals surface area contributed by atoms with Gasteiger partial charge in [0, 0.05) is 0 Å². The van der Waals surface area contributed by atoms with Gasteiger partial charge in [-0.05, 0) is 5.92 Å². The molecule has 1 heteroatoms. The molecule has 46 valence electrons. The molecule has 0 aromatic rings. The fraction of sp³-hybridized carbons (Fsp3) is 0.714. The van der Waals surface area contributed by atoms with Crippen LogP contribution in [0.15, 0.2) is 12.7 Å². The van der Waals surface area contributed by atoms with Crippen LogP contribution < -0.4 is 0 Å². The van der Waals surface area contributed by atoms with Crippen LogP contribution in [0, 0.1) is 5.92 Å². The Morgan fingerprint density at radius 1 is 1.62 bits per heavy atom. The summed E-state index contributed by atoms with van der Waals surface area (Å²) in [6.45, 7) is 7.95. The fourth-order valence-corrected chi connectivity index (χ4v) is 0.862. The minimum absolute atomic E-state index is 0.356. The van der Waals surface area contributed by atoms with Crippen LogP contribution in [0.1, 0.15) is 13.8 Å². The monoisotopic (exact) mass is 112 g/mol. The van der Waals surface area contributed by atoms with Crippen LogP contribution in [-0.2, 0) is 4.74 Å². The summed E-state index contributed by atoms with van der Waals surface area (Å²) in [5, 5.41) is 0. The fourth-order valence-electron chi connectivity index (χ4n) is 0.862. The Balaban J connectivity index is 2.26. The van der Waals surface area contributed by atoms with E-state index in [0.717, 1.165) is 0 Å². The Morgan fingerprint density at radius 2 is 2.25 bits per heavy atom. The highest BCUT2D eigenvalue weighted by Crippen LogP contribution is 2.29. The van der Waals surface area contributed by atoms with E-state index in [4.69, 9.17) is 4.74 Å². The first-order valence-corrected chi connectivity index (χ1v) is 3.03. The van der Waals surface area contributed by atoms with E-state index >= 15 is 0 Å². The zero-order valence-corrected chi connectivity index (χ0v) is 5.42. The van der Waals surface area contributed by atoms with E-state index in [9.17, 15) is 0 Å². The highest BCUT2D eigenvalue weighted by atomic mass is 16.6. The smallest absolute Gasteiger partial charge is 0.102 e. The van der Waals surface area contributed by atoms with Gasteiger partial charge in [0.2, 0.25) is 0 Å². The van der Waals surface area contributed by atoms with Crippen molar-refractivity contribution >= 4 is 0 Å². The van der Waals surface area contributed by atoms with Crippen molar-refractivity contribution in [1.29, 1.82) is 0 Å². The van der Waals surface area contributed by atoms with Gasteiger partial charge in [-0.2, -0.15) is 0 Å². The summed E-state index contributed by atoms with van der Waals surface area (Å²) in [4.78, 5) is 0.